The summed E-state index contributed by atoms with van der Waals surface area (Å²) in [5.41, 5.74) is 0.885. The highest BCUT2D eigenvalue weighted by molar-refractivity contribution is 5.99. The van der Waals surface area contributed by atoms with E-state index in [2.05, 4.69) is 0 Å². The number of carbonyl (C=O) groups excluding carboxylic acids is 1. The van der Waals surface area contributed by atoms with Gasteiger partial charge in [-0.3, -0.25) is 9.69 Å². The fourth-order valence-electron chi connectivity index (χ4n) is 2.87. The minimum Gasteiger partial charge on any atom is -0.369 e. The van der Waals surface area contributed by atoms with E-state index >= 15 is 0 Å². The van der Waals surface area contributed by atoms with Gasteiger partial charge in [0.15, 0.2) is 6.23 Å². The predicted octanol–water partition coefficient (Wildman–Crippen LogP) is 3.21. The molecule has 2 aromatic rings. The molecule has 0 radical (unpaired) electrons. The van der Waals surface area contributed by atoms with Crippen molar-refractivity contribution in [1.29, 1.82) is 0 Å². The van der Waals surface area contributed by atoms with Gasteiger partial charge in [0, 0.05) is 11.1 Å². The Morgan fingerprint density at radius 1 is 1.14 bits per heavy atom. The quantitative estimate of drug-likeness (QED) is 0.920. The molecule has 0 spiro atoms. The van der Waals surface area contributed by atoms with Crippen LogP contribution in [0.15, 0.2) is 48.5 Å². The van der Waals surface area contributed by atoms with E-state index < -0.39 is 17.6 Å². The van der Waals surface area contributed by atoms with Crippen molar-refractivity contribution in [3.05, 3.63) is 71.0 Å². The molecule has 1 heterocycles. The summed E-state index contributed by atoms with van der Waals surface area (Å²) in [7, 11) is 0. The van der Waals surface area contributed by atoms with Gasteiger partial charge in [0.2, 0.25) is 0 Å². The van der Waals surface area contributed by atoms with Crippen molar-refractivity contribution in [3.63, 3.8) is 0 Å². The normalized spacial score (nSPS) is 18.0. The minimum absolute atomic E-state index is 0.286. The van der Waals surface area contributed by atoms with Gasteiger partial charge in [-0.05, 0) is 37.6 Å². The molecule has 1 amide bonds. The number of halogens is 1. The molecule has 1 aliphatic heterocycles. The summed E-state index contributed by atoms with van der Waals surface area (Å²) < 4.78 is 13.4. The van der Waals surface area contributed by atoms with Crippen LogP contribution in [0.1, 0.15) is 41.6 Å². The maximum Gasteiger partial charge on any atom is 0.257 e. The number of aliphatic hydroxyl groups excluding tert-OH is 1. The molecule has 1 atom stereocenters. The molecule has 108 valence electrons. The maximum absolute atomic E-state index is 13.4. The molecule has 3 rings (SSSR count). The number of fused-ring (bicyclic) bond motifs is 1. The lowest BCUT2D eigenvalue weighted by Gasteiger charge is -2.38. The van der Waals surface area contributed by atoms with Gasteiger partial charge in [-0.2, -0.15) is 0 Å². The standard InChI is InChI=1S/C17H16FNO2/c1-17(2,11-6-4-3-5-7-11)19-15(20)13-9-8-12(18)10-14(13)16(19)21/h3-10,16,21H,1-2H3. The van der Waals surface area contributed by atoms with Crippen LogP contribution in [0.25, 0.3) is 0 Å². The largest absolute Gasteiger partial charge is 0.369 e. The summed E-state index contributed by atoms with van der Waals surface area (Å²) >= 11 is 0. The lowest BCUT2D eigenvalue weighted by atomic mass is 9.92. The number of aliphatic hydroxyl groups is 1. The Kier molecular flexibility index (Phi) is 3.06. The van der Waals surface area contributed by atoms with E-state index in [9.17, 15) is 14.3 Å². The smallest absolute Gasteiger partial charge is 0.257 e. The number of amides is 1. The van der Waals surface area contributed by atoms with Crippen molar-refractivity contribution in [2.24, 2.45) is 0 Å². The first-order chi connectivity index (χ1) is 9.93. The first kappa shape index (κ1) is 13.8. The van der Waals surface area contributed by atoms with Crippen molar-refractivity contribution in [2.75, 3.05) is 0 Å². The summed E-state index contributed by atoms with van der Waals surface area (Å²) in [6.07, 6.45) is -1.14. The van der Waals surface area contributed by atoms with Crippen molar-refractivity contribution in [1.82, 2.24) is 4.90 Å². The van der Waals surface area contributed by atoms with Crippen molar-refractivity contribution >= 4 is 5.91 Å². The van der Waals surface area contributed by atoms with Crippen LogP contribution in [0.4, 0.5) is 4.39 Å². The Morgan fingerprint density at radius 2 is 1.81 bits per heavy atom. The molecule has 0 saturated heterocycles. The van der Waals surface area contributed by atoms with E-state index in [0.29, 0.717) is 11.1 Å². The first-order valence-corrected chi connectivity index (χ1v) is 6.79. The van der Waals surface area contributed by atoms with Crippen molar-refractivity contribution in [3.8, 4) is 0 Å². The summed E-state index contributed by atoms with van der Waals surface area (Å²) in [6, 6.07) is 13.4. The van der Waals surface area contributed by atoms with E-state index in [4.69, 9.17) is 0 Å². The number of hydrogen-bond acceptors (Lipinski definition) is 2. The second-order valence-electron chi connectivity index (χ2n) is 5.71. The molecule has 0 aliphatic carbocycles. The summed E-state index contributed by atoms with van der Waals surface area (Å²) in [4.78, 5) is 14.0. The van der Waals surface area contributed by atoms with Gasteiger partial charge in [0.25, 0.3) is 5.91 Å². The Morgan fingerprint density at radius 3 is 2.48 bits per heavy atom. The van der Waals surface area contributed by atoms with Gasteiger partial charge >= 0.3 is 0 Å². The molecule has 1 unspecified atom stereocenters. The van der Waals surface area contributed by atoms with E-state index in [0.717, 1.165) is 5.56 Å². The SMILES string of the molecule is CC(C)(c1ccccc1)N1C(=O)c2ccc(F)cc2C1O. The fourth-order valence-corrected chi connectivity index (χ4v) is 2.87. The number of nitrogens with zero attached hydrogens (tertiary/aromatic N) is 1. The Hall–Kier alpha value is -2.20. The maximum atomic E-state index is 13.4. The van der Waals surface area contributed by atoms with E-state index in [1.165, 1.54) is 23.1 Å². The van der Waals surface area contributed by atoms with Crippen LogP contribution >= 0.6 is 0 Å². The van der Waals surface area contributed by atoms with Gasteiger partial charge in [-0.15, -0.1) is 0 Å². The third-order valence-electron chi connectivity index (χ3n) is 4.07. The third-order valence-corrected chi connectivity index (χ3v) is 4.07. The van der Waals surface area contributed by atoms with Crippen LogP contribution in [-0.2, 0) is 5.54 Å². The molecule has 2 aromatic carbocycles. The van der Waals surface area contributed by atoms with Crippen LogP contribution < -0.4 is 0 Å². The van der Waals surface area contributed by atoms with Gasteiger partial charge in [0.05, 0.1) is 5.54 Å². The van der Waals surface area contributed by atoms with Crippen LogP contribution in [-0.4, -0.2) is 15.9 Å². The average Bonchev–Trinajstić information content (AvgIpc) is 2.71. The zero-order chi connectivity index (χ0) is 15.2. The molecule has 0 bridgehead atoms. The number of rotatable bonds is 2. The summed E-state index contributed by atoms with van der Waals surface area (Å²) in [5, 5.41) is 10.5. The predicted molar refractivity (Wildman–Crippen MR) is 77.0 cm³/mol. The highest BCUT2D eigenvalue weighted by atomic mass is 19.1. The molecular formula is C17H16FNO2. The second kappa shape index (κ2) is 4.67. The Labute approximate surface area is 122 Å². The Balaban J connectivity index is 2.07. The average molecular weight is 285 g/mol. The molecule has 4 heteroatoms. The summed E-state index contributed by atoms with van der Waals surface area (Å²) in [6.45, 7) is 3.73. The lowest BCUT2D eigenvalue weighted by Crippen LogP contribution is -2.44. The van der Waals surface area contributed by atoms with E-state index in [-0.39, 0.29) is 5.91 Å². The molecule has 0 fully saturated rings. The van der Waals surface area contributed by atoms with Gasteiger partial charge < -0.3 is 5.11 Å². The second-order valence-corrected chi connectivity index (χ2v) is 5.71. The highest BCUT2D eigenvalue weighted by Crippen LogP contribution is 2.41. The van der Waals surface area contributed by atoms with Crippen LogP contribution in [0.3, 0.4) is 0 Å². The van der Waals surface area contributed by atoms with Crippen molar-refractivity contribution in [2.45, 2.75) is 25.6 Å². The molecular weight excluding hydrogens is 269 g/mol. The Bertz CT molecular complexity index is 697. The molecule has 0 saturated carbocycles. The third kappa shape index (κ3) is 2.03. The monoisotopic (exact) mass is 285 g/mol. The summed E-state index contributed by atoms with van der Waals surface area (Å²) in [5.74, 6) is -0.744. The fraction of sp³-hybridized carbons (Fsp3) is 0.235. The number of benzene rings is 2. The van der Waals surface area contributed by atoms with Gasteiger partial charge in [0.1, 0.15) is 5.82 Å². The molecule has 0 aromatic heterocycles. The first-order valence-electron chi connectivity index (χ1n) is 6.79. The van der Waals surface area contributed by atoms with E-state index in [1.54, 1.807) is 0 Å². The molecule has 1 aliphatic rings. The van der Waals surface area contributed by atoms with Crippen LogP contribution in [0, 0.1) is 5.82 Å². The zero-order valence-corrected chi connectivity index (χ0v) is 11.9. The van der Waals surface area contributed by atoms with Crippen LogP contribution in [0.5, 0.6) is 0 Å². The highest BCUT2D eigenvalue weighted by Gasteiger charge is 2.44. The van der Waals surface area contributed by atoms with E-state index in [1.807, 2.05) is 44.2 Å². The van der Waals surface area contributed by atoms with Crippen molar-refractivity contribution < 1.29 is 14.3 Å². The molecule has 1 N–H and O–H groups in total. The molecule has 3 nitrogen and oxygen atoms in total. The topological polar surface area (TPSA) is 40.5 Å². The van der Waals surface area contributed by atoms with Crippen LogP contribution in [0.2, 0.25) is 0 Å². The zero-order valence-electron chi connectivity index (χ0n) is 11.9. The van der Waals surface area contributed by atoms with Gasteiger partial charge in [-0.25, -0.2) is 4.39 Å². The lowest BCUT2D eigenvalue weighted by molar-refractivity contribution is -0.0306. The minimum atomic E-state index is -1.14. The number of carbonyl (C=O) groups is 1. The molecule has 21 heavy (non-hydrogen) atoms. The number of hydrogen-bond donors (Lipinski definition) is 1. The van der Waals surface area contributed by atoms with Gasteiger partial charge in [-0.1, -0.05) is 30.3 Å².